The van der Waals surface area contributed by atoms with Gasteiger partial charge >= 0.3 is 0 Å². The third kappa shape index (κ3) is 9.72. The van der Waals surface area contributed by atoms with Crippen LogP contribution >= 0.6 is 0 Å². The van der Waals surface area contributed by atoms with E-state index in [9.17, 15) is 15.3 Å². The molecule has 0 radical (unpaired) electrons. The Morgan fingerprint density at radius 2 is 1.73 bits per heavy atom. The third-order valence-corrected chi connectivity index (χ3v) is 4.24. The van der Waals surface area contributed by atoms with E-state index in [1.807, 2.05) is 30.3 Å². The Balaban J connectivity index is 1.86. The maximum absolute atomic E-state index is 10.5. The number of unbranched alkanes of at least 4 members (excludes halogenated alkanes) is 1. The van der Waals surface area contributed by atoms with Gasteiger partial charge in [-0.2, -0.15) is 0 Å². The van der Waals surface area contributed by atoms with Gasteiger partial charge in [0.2, 0.25) is 0 Å². The van der Waals surface area contributed by atoms with Crippen LogP contribution in [0.2, 0.25) is 0 Å². The number of aliphatic hydroxyl groups excluding tert-OH is 1. The highest BCUT2D eigenvalue weighted by Gasteiger charge is 2.09. The molecule has 0 amide bonds. The van der Waals surface area contributed by atoms with Crippen molar-refractivity contribution in [3.05, 3.63) is 65.1 Å². The van der Waals surface area contributed by atoms with Crippen LogP contribution in [-0.2, 0) is 17.7 Å². The van der Waals surface area contributed by atoms with Crippen molar-refractivity contribution in [1.82, 2.24) is 5.32 Å². The van der Waals surface area contributed by atoms with Crippen molar-refractivity contribution in [2.75, 3.05) is 26.2 Å². The van der Waals surface area contributed by atoms with Crippen LogP contribution in [0.25, 0.3) is 0 Å². The van der Waals surface area contributed by atoms with Gasteiger partial charge in [0.1, 0.15) is 5.75 Å². The first-order chi connectivity index (χ1) is 18.8. The molecular formula is C25H37NO4. The number of aryl methyl sites for hydroxylation is 1. The van der Waals surface area contributed by atoms with Gasteiger partial charge in [0.25, 0.3) is 0 Å². The SMILES string of the molecule is [2H]c1c([2H])c(C(O)CNC([2H])([2H])CCCCC([2H])([2H])OC([2H])([2H])CCCc2ccccc2)c([2H])c(C([2H])([2H])O)c1O. The molecule has 0 spiro atoms. The van der Waals surface area contributed by atoms with Gasteiger partial charge in [-0.1, -0.05) is 49.2 Å². The van der Waals surface area contributed by atoms with Crippen molar-refractivity contribution in [2.24, 2.45) is 0 Å². The maximum Gasteiger partial charge on any atom is 0.121 e. The molecule has 5 heteroatoms. The van der Waals surface area contributed by atoms with E-state index in [0.29, 0.717) is 12.8 Å². The number of aliphatic hydroxyl groups is 2. The number of hydrogen-bond acceptors (Lipinski definition) is 5. The molecule has 4 N–H and O–H groups in total. The van der Waals surface area contributed by atoms with Crippen LogP contribution in [0.5, 0.6) is 5.75 Å². The van der Waals surface area contributed by atoms with Gasteiger partial charge in [-0.15, -0.1) is 0 Å². The Kier molecular flexibility index (Phi) is 6.40. The summed E-state index contributed by atoms with van der Waals surface area (Å²) in [5.74, 6) is -1.10. The van der Waals surface area contributed by atoms with Gasteiger partial charge in [0.05, 0.1) is 25.0 Å². The molecule has 166 valence electrons. The fourth-order valence-electron chi connectivity index (χ4n) is 2.59. The van der Waals surface area contributed by atoms with Crippen LogP contribution < -0.4 is 5.32 Å². The summed E-state index contributed by atoms with van der Waals surface area (Å²) in [6, 6.07) is 6.97. The summed E-state index contributed by atoms with van der Waals surface area (Å²) >= 11 is 0. The number of hydrogen-bond donors (Lipinski definition) is 4. The lowest BCUT2D eigenvalue weighted by atomic mass is 10.1. The van der Waals surface area contributed by atoms with E-state index in [1.54, 1.807) is 0 Å². The quantitative estimate of drug-likeness (QED) is 0.304. The molecular weight excluding hydrogens is 378 g/mol. The standard InChI is InChI=1S/C25H37NO4/c27-20-23-18-22(13-14-24(23)28)25(29)19-26-15-7-1-2-8-16-30-17-9-6-12-21-10-4-3-5-11-21/h3-5,10-11,13-14,18,25-29H,1-2,6-9,12,15-17,19-20H2/i13D,14D,15D2,16D2,17D2,18D,20D2. The Hall–Kier alpha value is -1.92. The summed E-state index contributed by atoms with van der Waals surface area (Å²) in [6.07, 6.45) is -0.620. The first-order valence-corrected chi connectivity index (χ1v) is 9.99. The topological polar surface area (TPSA) is 82.0 Å². The first kappa shape index (κ1) is 12.8. The van der Waals surface area contributed by atoms with Crippen molar-refractivity contribution in [1.29, 1.82) is 0 Å². The van der Waals surface area contributed by atoms with Crippen LogP contribution in [0.15, 0.2) is 48.5 Å². The monoisotopic (exact) mass is 426 g/mol. The lowest BCUT2D eigenvalue weighted by molar-refractivity contribution is 0.126. The number of aromatic hydroxyl groups is 1. The molecule has 0 saturated carbocycles. The largest absolute Gasteiger partial charge is 0.508 e. The lowest BCUT2D eigenvalue weighted by Crippen LogP contribution is -2.22. The highest BCUT2D eigenvalue weighted by atomic mass is 16.5. The highest BCUT2D eigenvalue weighted by Crippen LogP contribution is 2.22. The molecule has 1 unspecified atom stereocenters. The zero-order valence-corrected chi connectivity index (χ0v) is 16.9. The molecule has 0 saturated heterocycles. The normalized spacial score (nSPS) is 19.5. The van der Waals surface area contributed by atoms with Gasteiger partial charge in [-0.05, 0) is 61.8 Å². The zero-order valence-electron chi connectivity index (χ0n) is 27.9. The summed E-state index contributed by atoms with van der Waals surface area (Å²) in [5.41, 5.74) is -0.496. The molecule has 2 rings (SSSR count). The van der Waals surface area contributed by atoms with Gasteiger partial charge in [-0.25, -0.2) is 0 Å². The molecule has 5 nitrogen and oxygen atoms in total. The molecule has 2 aromatic rings. The maximum atomic E-state index is 10.5. The van der Waals surface area contributed by atoms with Crippen LogP contribution in [-0.4, -0.2) is 41.5 Å². The van der Waals surface area contributed by atoms with Crippen molar-refractivity contribution < 1.29 is 35.1 Å². The minimum Gasteiger partial charge on any atom is -0.508 e. The molecule has 0 aliphatic carbocycles. The summed E-state index contributed by atoms with van der Waals surface area (Å²) in [4.78, 5) is 0. The van der Waals surface area contributed by atoms with E-state index < -0.39 is 73.8 Å². The average Bonchev–Trinajstić information content (AvgIpc) is 2.83. The summed E-state index contributed by atoms with van der Waals surface area (Å²) in [7, 11) is 0. The highest BCUT2D eigenvalue weighted by molar-refractivity contribution is 5.36. The molecule has 30 heavy (non-hydrogen) atoms. The zero-order chi connectivity index (χ0) is 31.2. The van der Waals surface area contributed by atoms with Gasteiger partial charge in [0, 0.05) is 28.0 Å². The smallest absolute Gasteiger partial charge is 0.121 e. The Morgan fingerprint density at radius 1 is 1.00 bits per heavy atom. The molecule has 0 aliphatic heterocycles. The Labute approximate surface area is 196 Å². The molecule has 0 bridgehead atoms. The summed E-state index contributed by atoms with van der Waals surface area (Å²) in [5, 5.41) is 32.5. The Morgan fingerprint density at radius 3 is 2.50 bits per heavy atom. The van der Waals surface area contributed by atoms with Crippen molar-refractivity contribution in [3.8, 4) is 5.75 Å². The lowest BCUT2D eigenvalue weighted by Gasteiger charge is -2.14. The number of phenols is 1. The molecule has 2 aromatic carbocycles. The third-order valence-electron chi connectivity index (χ3n) is 4.24. The molecule has 0 aliphatic rings. The van der Waals surface area contributed by atoms with E-state index in [-0.39, 0.29) is 32.1 Å². The summed E-state index contributed by atoms with van der Waals surface area (Å²) in [6.45, 7) is -10.3. The molecule has 0 heterocycles. The van der Waals surface area contributed by atoms with Gasteiger partial charge in [0.15, 0.2) is 0 Å². The van der Waals surface area contributed by atoms with E-state index >= 15 is 0 Å². The molecule has 0 fully saturated rings. The van der Waals surface area contributed by atoms with E-state index in [4.69, 9.17) is 19.8 Å². The average molecular weight is 427 g/mol. The minimum absolute atomic E-state index is 0.00335. The van der Waals surface area contributed by atoms with Crippen molar-refractivity contribution in [2.45, 2.75) is 57.6 Å². The van der Waals surface area contributed by atoms with Crippen LogP contribution in [0, 0.1) is 0 Å². The van der Waals surface area contributed by atoms with Gasteiger partial charge in [-0.3, -0.25) is 0 Å². The second kappa shape index (κ2) is 15.0. The predicted octanol–water partition coefficient (Wildman–Crippen LogP) is 4.11. The van der Waals surface area contributed by atoms with E-state index in [1.165, 1.54) is 0 Å². The Bertz CT molecular complexity index is 1140. The van der Waals surface area contributed by atoms with Crippen LogP contribution in [0.3, 0.4) is 0 Å². The van der Waals surface area contributed by atoms with Gasteiger partial charge < -0.3 is 25.4 Å². The predicted molar refractivity (Wildman–Crippen MR) is 121 cm³/mol. The molecule has 1 atom stereocenters. The van der Waals surface area contributed by atoms with Crippen molar-refractivity contribution in [3.63, 3.8) is 0 Å². The first-order valence-electron chi connectivity index (χ1n) is 15.5. The number of benzene rings is 2. The second-order valence-corrected chi connectivity index (χ2v) is 6.63. The number of ether oxygens (including phenoxy) is 1. The second-order valence-electron chi connectivity index (χ2n) is 6.63. The fraction of sp³-hybridized carbons (Fsp3) is 0.520. The van der Waals surface area contributed by atoms with E-state index in [0.717, 1.165) is 5.56 Å². The molecule has 0 aromatic heterocycles. The van der Waals surface area contributed by atoms with Crippen LogP contribution in [0.1, 0.15) is 76.4 Å². The van der Waals surface area contributed by atoms with Crippen LogP contribution in [0.4, 0.5) is 0 Å². The van der Waals surface area contributed by atoms with E-state index in [2.05, 4.69) is 5.32 Å². The van der Waals surface area contributed by atoms with Crippen molar-refractivity contribution >= 4 is 0 Å². The summed E-state index contributed by atoms with van der Waals surface area (Å²) < 4.78 is 92.0. The minimum atomic E-state index is -3.22. The number of rotatable bonds is 16. The number of nitrogens with one attached hydrogen (secondary N) is 1. The fourth-order valence-corrected chi connectivity index (χ4v) is 2.59.